The lowest BCUT2D eigenvalue weighted by atomic mass is 9.99. The molecule has 0 spiro atoms. The van der Waals surface area contributed by atoms with E-state index >= 15 is 0 Å². The smallest absolute Gasteiger partial charge is 0.134 e. The van der Waals surface area contributed by atoms with Crippen LogP contribution in [0.25, 0.3) is 16.6 Å². The van der Waals surface area contributed by atoms with Gasteiger partial charge in [-0.25, -0.2) is 9.50 Å². The van der Waals surface area contributed by atoms with Crippen LogP contribution in [0, 0.1) is 17.2 Å². The number of aromatic hydroxyl groups is 1. The van der Waals surface area contributed by atoms with Gasteiger partial charge in [0.1, 0.15) is 17.6 Å². The minimum absolute atomic E-state index is 0.0786. The fourth-order valence-corrected chi connectivity index (χ4v) is 3.26. The molecule has 0 atom stereocenters. The van der Waals surface area contributed by atoms with E-state index < -0.39 is 0 Å². The SMILES string of the molecule is [2H]C1(C)CCN(c2ccc(-c3cc(O)cn4ncc(C#N)c34)cn2)CC1. The van der Waals surface area contributed by atoms with E-state index in [9.17, 15) is 10.4 Å². The average molecular weight is 334 g/mol. The van der Waals surface area contributed by atoms with Crippen molar-refractivity contribution in [2.45, 2.75) is 19.8 Å². The zero-order valence-electron chi connectivity index (χ0n) is 15.0. The molecule has 1 aliphatic heterocycles. The second kappa shape index (κ2) is 6.10. The van der Waals surface area contributed by atoms with Crippen LogP contribution >= 0.6 is 0 Å². The van der Waals surface area contributed by atoms with Crippen molar-refractivity contribution in [3.63, 3.8) is 0 Å². The van der Waals surface area contributed by atoms with E-state index in [1.807, 2.05) is 19.1 Å². The largest absolute Gasteiger partial charge is 0.506 e. The summed E-state index contributed by atoms with van der Waals surface area (Å²) in [5.41, 5.74) is 2.64. The third-order valence-electron chi connectivity index (χ3n) is 4.72. The maximum absolute atomic E-state index is 9.97. The topological polar surface area (TPSA) is 77.5 Å². The first kappa shape index (κ1) is 14.3. The third kappa shape index (κ3) is 2.78. The molecule has 6 heteroatoms. The van der Waals surface area contributed by atoms with Gasteiger partial charge in [-0.2, -0.15) is 10.4 Å². The standard InChI is InChI=1S/C19H19N5O/c1-13-4-6-23(7-5-13)18-3-2-14(10-21-18)17-8-16(25)12-24-19(17)15(9-20)11-22-24/h2-3,8,10-13,25H,4-7H2,1H3/i13D. The van der Waals surface area contributed by atoms with E-state index in [2.05, 4.69) is 21.1 Å². The van der Waals surface area contributed by atoms with Crippen molar-refractivity contribution in [1.29, 1.82) is 5.26 Å². The lowest BCUT2D eigenvalue weighted by molar-refractivity contribution is 0.436. The van der Waals surface area contributed by atoms with Crippen LogP contribution in [0.5, 0.6) is 5.75 Å². The van der Waals surface area contributed by atoms with Gasteiger partial charge >= 0.3 is 0 Å². The Kier molecular flexibility index (Phi) is 3.48. The van der Waals surface area contributed by atoms with E-state index in [0.29, 0.717) is 11.1 Å². The Morgan fingerprint density at radius 3 is 2.80 bits per heavy atom. The Labute approximate surface area is 147 Å². The molecule has 1 N–H and O–H groups in total. The number of hydrogen-bond acceptors (Lipinski definition) is 5. The fraction of sp³-hybridized carbons (Fsp3) is 0.316. The van der Waals surface area contributed by atoms with Gasteiger partial charge in [-0.1, -0.05) is 6.92 Å². The van der Waals surface area contributed by atoms with Crippen LogP contribution in [0.3, 0.4) is 0 Å². The molecule has 0 bridgehead atoms. The molecule has 1 saturated heterocycles. The van der Waals surface area contributed by atoms with Crippen LogP contribution in [0.4, 0.5) is 5.82 Å². The van der Waals surface area contributed by atoms with Crippen LogP contribution in [-0.2, 0) is 0 Å². The molecule has 4 heterocycles. The number of nitriles is 1. The summed E-state index contributed by atoms with van der Waals surface area (Å²) < 4.78 is 9.65. The number of nitrogens with zero attached hydrogens (tertiary/aromatic N) is 5. The summed E-state index contributed by atoms with van der Waals surface area (Å²) in [4.78, 5) is 6.77. The van der Waals surface area contributed by atoms with Crippen molar-refractivity contribution in [3.05, 3.63) is 42.4 Å². The summed E-state index contributed by atoms with van der Waals surface area (Å²) in [6, 6.07) is 7.66. The second-order valence-electron chi connectivity index (χ2n) is 6.42. The zero-order chi connectivity index (χ0) is 18.3. The van der Waals surface area contributed by atoms with Gasteiger partial charge in [0.05, 0.1) is 23.5 Å². The Bertz CT molecular complexity index is 993. The van der Waals surface area contributed by atoms with Crippen LogP contribution in [0.1, 0.15) is 26.7 Å². The van der Waals surface area contributed by atoms with Crippen molar-refractivity contribution in [1.82, 2.24) is 14.6 Å². The molecule has 126 valence electrons. The minimum atomic E-state index is -0.348. The molecule has 1 aliphatic rings. The molecule has 0 amide bonds. The van der Waals surface area contributed by atoms with E-state index in [0.717, 1.165) is 42.9 Å². The zero-order valence-corrected chi connectivity index (χ0v) is 14.0. The monoisotopic (exact) mass is 334 g/mol. The fourth-order valence-electron chi connectivity index (χ4n) is 3.26. The highest BCUT2D eigenvalue weighted by molar-refractivity contribution is 5.85. The highest BCUT2D eigenvalue weighted by Crippen LogP contribution is 2.31. The molecule has 3 aromatic heterocycles. The van der Waals surface area contributed by atoms with Gasteiger partial charge < -0.3 is 10.0 Å². The van der Waals surface area contributed by atoms with Crippen molar-refractivity contribution in [2.75, 3.05) is 18.0 Å². The van der Waals surface area contributed by atoms with Gasteiger partial charge in [0.2, 0.25) is 0 Å². The van der Waals surface area contributed by atoms with Crippen molar-refractivity contribution >= 4 is 11.3 Å². The summed E-state index contributed by atoms with van der Waals surface area (Å²) >= 11 is 0. The molecular weight excluding hydrogens is 314 g/mol. The molecule has 0 saturated carbocycles. The van der Waals surface area contributed by atoms with Crippen LogP contribution in [0.15, 0.2) is 36.8 Å². The first-order valence-corrected chi connectivity index (χ1v) is 8.29. The van der Waals surface area contributed by atoms with Crippen molar-refractivity contribution < 1.29 is 6.48 Å². The number of rotatable bonds is 2. The normalized spacial score (nSPS) is 17.3. The summed E-state index contributed by atoms with van der Waals surface area (Å²) in [7, 11) is 0. The summed E-state index contributed by atoms with van der Waals surface area (Å²) in [6.07, 6.45) is 6.38. The predicted molar refractivity (Wildman–Crippen MR) is 95.4 cm³/mol. The highest BCUT2D eigenvalue weighted by atomic mass is 16.3. The molecule has 0 aliphatic carbocycles. The minimum Gasteiger partial charge on any atom is -0.506 e. The number of aromatic nitrogens is 3. The third-order valence-corrected chi connectivity index (χ3v) is 4.72. The van der Waals surface area contributed by atoms with Crippen LogP contribution < -0.4 is 4.90 Å². The van der Waals surface area contributed by atoms with Crippen molar-refractivity contribution in [2.24, 2.45) is 5.89 Å². The molecule has 25 heavy (non-hydrogen) atoms. The van der Waals surface area contributed by atoms with Gasteiger partial charge in [0.25, 0.3) is 0 Å². The number of anilines is 1. The molecule has 6 nitrogen and oxygen atoms in total. The number of fused-ring (bicyclic) bond motifs is 1. The Balaban J connectivity index is 1.69. The second-order valence-corrected chi connectivity index (χ2v) is 6.42. The number of pyridine rings is 2. The highest BCUT2D eigenvalue weighted by Gasteiger charge is 2.18. The molecule has 0 radical (unpaired) electrons. The van der Waals surface area contributed by atoms with Crippen LogP contribution in [0.2, 0.25) is 0 Å². The predicted octanol–water partition coefficient (Wildman–Crippen LogP) is 3.21. The van der Waals surface area contributed by atoms with Crippen molar-refractivity contribution in [3.8, 4) is 22.9 Å². The molecular formula is C19H19N5O. The lowest BCUT2D eigenvalue weighted by Gasteiger charge is -2.31. The van der Waals surface area contributed by atoms with Gasteiger partial charge in [-0.05, 0) is 36.9 Å². The Morgan fingerprint density at radius 2 is 2.12 bits per heavy atom. The quantitative estimate of drug-likeness (QED) is 0.778. The molecule has 0 aromatic carbocycles. The van der Waals surface area contributed by atoms with E-state index in [-0.39, 0.29) is 11.6 Å². The summed E-state index contributed by atoms with van der Waals surface area (Å²) in [5.74, 6) is 0.614. The van der Waals surface area contributed by atoms with Crippen LogP contribution in [-0.4, -0.2) is 32.8 Å². The molecule has 1 fully saturated rings. The first-order chi connectivity index (χ1) is 12.5. The average Bonchev–Trinajstić information content (AvgIpc) is 3.04. The van der Waals surface area contributed by atoms with E-state index in [1.54, 1.807) is 12.3 Å². The van der Waals surface area contributed by atoms with Gasteiger partial charge in [-0.3, -0.25) is 0 Å². The summed E-state index contributed by atoms with van der Waals surface area (Å²) in [5, 5.41) is 23.4. The lowest BCUT2D eigenvalue weighted by Crippen LogP contribution is -2.33. The number of piperidine rings is 1. The van der Waals surface area contributed by atoms with E-state index in [4.69, 9.17) is 1.37 Å². The Hall–Kier alpha value is -3.07. The first-order valence-electron chi connectivity index (χ1n) is 8.79. The summed E-state index contributed by atoms with van der Waals surface area (Å²) in [6.45, 7) is 3.63. The maximum atomic E-state index is 9.97. The van der Waals surface area contributed by atoms with Gasteiger partial charge in [0, 0.05) is 31.8 Å². The van der Waals surface area contributed by atoms with E-state index in [1.165, 1.54) is 16.9 Å². The molecule has 0 unspecified atom stereocenters. The van der Waals surface area contributed by atoms with Gasteiger partial charge in [-0.15, -0.1) is 0 Å². The number of hydrogen-bond donors (Lipinski definition) is 1. The van der Waals surface area contributed by atoms with Gasteiger partial charge in [0.15, 0.2) is 0 Å². The maximum Gasteiger partial charge on any atom is 0.134 e. The molecule has 3 aromatic rings. The Morgan fingerprint density at radius 1 is 1.32 bits per heavy atom. The molecule has 4 rings (SSSR count).